The second-order valence-electron chi connectivity index (χ2n) is 5.45. The maximum atomic E-state index is 13.5. The van der Waals surface area contributed by atoms with Crippen LogP contribution in [0.15, 0.2) is 24.3 Å². The summed E-state index contributed by atoms with van der Waals surface area (Å²) in [6.45, 7) is -2.03. The molecular formula is C16H16F6N2O6. The van der Waals surface area contributed by atoms with E-state index in [2.05, 4.69) is 14.2 Å². The van der Waals surface area contributed by atoms with Gasteiger partial charge < -0.3 is 19.5 Å². The number of carbonyl (C=O) groups excluding carboxylic acids is 3. The number of amides is 2. The molecule has 0 aliphatic rings. The van der Waals surface area contributed by atoms with Crippen molar-refractivity contribution >= 4 is 23.7 Å². The van der Waals surface area contributed by atoms with E-state index >= 15 is 0 Å². The minimum atomic E-state index is -5.81. The van der Waals surface area contributed by atoms with Crippen molar-refractivity contribution in [3.05, 3.63) is 29.8 Å². The van der Waals surface area contributed by atoms with E-state index < -0.39 is 49.3 Å². The number of halogens is 6. The van der Waals surface area contributed by atoms with Crippen molar-refractivity contribution in [3.63, 3.8) is 0 Å². The molecule has 30 heavy (non-hydrogen) atoms. The summed E-state index contributed by atoms with van der Waals surface area (Å²) < 4.78 is 90.2. The zero-order valence-electron chi connectivity index (χ0n) is 15.4. The van der Waals surface area contributed by atoms with Crippen LogP contribution in [-0.2, 0) is 19.0 Å². The molecule has 14 heteroatoms. The van der Waals surface area contributed by atoms with Gasteiger partial charge in [-0.3, -0.25) is 5.32 Å². The Kier molecular flexibility index (Phi) is 8.04. The summed E-state index contributed by atoms with van der Waals surface area (Å²) in [7, 11) is 1.11. The van der Waals surface area contributed by atoms with E-state index in [9.17, 15) is 40.7 Å². The highest BCUT2D eigenvalue weighted by Gasteiger charge is 2.66. The molecule has 0 unspecified atom stereocenters. The third kappa shape index (κ3) is 6.50. The van der Waals surface area contributed by atoms with Gasteiger partial charge in [0.1, 0.15) is 6.61 Å². The molecule has 0 saturated heterocycles. The van der Waals surface area contributed by atoms with Crippen LogP contribution in [0.3, 0.4) is 0 Å². The molecule has 2 N–H and O–H groups in total. The Morgan fingerprint density at radius 3 is 2.00 bits per heavy atom. The molecule has 0 aliphatic carbocycles. The van der Waals surface area contributed by atoms with Gasteiger partial charge in [0.15, 0.2) is 0 Å². The van der Waals surface area contributed by atoms with Crippen LogP contribution in [0.1, 0.15) is 17.3 Å². The Morgan fingerprint density at radius 2 is 1.57 bits per heavy atom. The molecule has 0 aromatic heterocycles. The van der Waals surface area contributed by atoms with Crippen LogP contribution in [-0.4, -0.2) is 56.4 Å². The van der Waals surface area contributed by atoms with Gasteiger partial charge in [-0.2, -0.15) is 26.3 Å². The number of ether oxygens (including phenoxy) is 3. The van der Waals surface area contributed by atoms with Crippen molar-refractivity contribution in [2.24, 2.45) is 0 Å². The number of urea groups is 1. The number of carbonyl (C=O) groups is 3. The van der Waals surface area contributed by atoms with E-state index in [1.165, 1.54) is 0 Å². The van der Waals surface area contributed by atoms with E-state index in [0.717, 1.165) is 43.6 Å². The number of anilines is 1. The lowest BCUT2D eigenvalue weighted by Crippen LogP contribution is -2.67. The standard InChI is InChI=1S/C16H16F6N2O6/c1-3-29-12(26)15(16(20,21)22,30-8-14(17,18)19)24-13(27)23-10-6-4-9(5-7-10)11(25)28-2/h4-7H,3,8H2,1-2H3,(H2,23,24,27)/t15-/m0/s1. The van der Waals surface area contributed by atoms with E-state index in [-0.39, 0.29) is 11.3 Å². The third-order valence-electron chi connectivity index (χ3n) is 3.27. The molecular weight excluding hydrogens is 430 g/mol. The molecule has 1 rings (SSSR count). The molecule has 0 spiro atoms. The fourth-order valence-corrected chi connectivity index (χ4v) is 1.97. The van der Waals surface area contributed by atoms with E-state index in [1.807, 2.05) is 5.32 Å². The third-order valence-corrected chi connectivity index (χ3v) is 3.27. The molecule has 0 radical (unpaired) electrons. The summed E-state index contributed by atoms with van der Waals surface area (Å²) in [5.41, 5.74) is -4.53. The molecule has 0 heterocycles. The normalized spacial score (nSPS) is 13.7. The average molecular weight is 446 g/mol. The minimum absolute atomic E-state index is 0.0492. The molecule has 0 saturated carbocycles. The van der Waals surface area contributed by atoms with E-state index in [1.54, 1.807) is 0 Å². The lowest BCUT2D eigenvalue weighted by molar-refractivity contribution is -0.305. The summed E-state index contributed by atoms with van der Waals surface area (Å²) in [6.07, 6.45) is -11.1. The van der Waals surface area contributed by atoms with Crippen LogP contribution in [0.4, 0.5) is 36.8 Å². The number of hydrogen-bond acceptors (Lipinski definition) is 6. The van der Waals surface area contributed by atoms with Gasteiger partial charge >= 0.3 is 36.0 Å². The lowest BCUT2D eigenvalue weighted by Gasteiger charge is -2.33. The van der Waals surface area contributed by atoms with E-state index in [4.69, 9.17) is 0 Å². The number of hydrogen-bond donors (Lipinski definition) is 2. The number of nitrogens with one attached hydrogen (secondary N) is 2. The van der Waals surface area contributed by atoms with Crippen LogP contribution >= 0.6 is 0 Å². The van der Waals surface area contributed by atoms with Gasteiger partial charge in [0.2, 0.25) is 0 Å². The number of rotatable bonds is 7. The van der Waals surface area contributed by atoms with Crippen molar-refractivity contribution in [2.75, 3.05) is 25.6 Å². The van der Waals surface area contributed by atoms with Crippen LogP contribution in [0.25, 0.3) is 0 Å². The first-order valence-corrected chi connectivity index (χ1v) is 7.98. The first-order chi connectivity index (χ1) is 13.8. The Labute approximate surface area is 165 Å². The van der Waals surface area contributed by atoms with Gasteiger partial charge in [0.25, 0.3) is 0 Å². The topological polar surface area (TPSA) is 103 Å². The highest BCUT2D eigenvalue weighted by atomic mass is 19.4. The summed E-state index contributed by atoms with van der Waals surface area (Å²) in [4.78, 5) is 35.2. The van der Waals surface area contributed by atoms with Crippen LogP contribution < -0.4 is 10.6 Å². The van der Waals surface area contributed by atoms with Crippen molar-refractivity contribution in [3.8, 4) is 0 Å². The monoisotopic (exact) mass is 446 g/mol. The summed E-state index contributed by atoms with van der Waals surface area (Å²) in [5.74, 6) is -3.03. The largest absolute Gasteiger partial charge is 0.465 e. The number of esters is 2. The molecule has 168 valence electrons. The van der Waals surface area contributed by atoms with Crippen molar-refractivity contribution in [1.29, 1.82) is 0 Å². The second kappa shape index (κ2) is 9.65. The van der Waals surface area contributed by atoms with Gasteiger partial charge in [-0.1, -0.05) is 0 Å². The fraction of sp³-hybridized carbons (Fsp3) is 0.438. The quantitative estimate of drug-likeness (QED) is 0.379. The summed E-state index contributed by atoms with van der Waals surface area (Å²) in [6, 6.07) is 2.78. The van der Waals surface area contributed by atoms with Gasteiger partial charge in [-0.25, -0.2) is 14.4 Å². The average Bonchev–Trinajstić information content (AvgIpc) is 2.63. The van der Waals surface area contributed by atoms with Gasteiger partial charge in [-0.15, -0.1) is 0 Å². The summed E-state index contributed by atoms with van der Waals surface area (Å²) in [5, 5.41) is 2.94. The molecule has 8 nitrogen and oxygen atoms in total. The molecule has 0 bridgehead atoms. The maximum absolute atomic E-state index is 13.5. The fourth-order valence-electron chi connectivity index (χ4n) is 1.97. The van der Waals surface area contributed by atoms with Crippen molar-refractivity contribution in [2.45, 2.75) is 25.0 Å². The van der Waals surface area contributed by atoms with Crippen molar-refractivity contribution in [1.82, 2.24) is 5.32 Å². The Balaban J connectivity index is 3.13. The molecule has 0 fully saturated rings. The SMILES string of the molecule is CCOC(=O)[C@](NC(=O)Nc1ccc(C(=O)OC)cc1)(OCC(F)(F)F)C(F)(F)F. The molecule has 1 aromatic rings. The van der Waals surface area contributed by atoms with Crippen LogP contribution in [0, 0.1) is 0 Å². The molecule has 0 aliphatic heterocycles. The second-order valence-corrected chi connectivity index (χ2v) is 5.45. The van der Waals surface area contributed by atoms with Gasteiger partial charge in [0, 0.05) is 5.69 Å². The van der Waals surface area contributed by atoms with Crippen LogP contribution in [0.5, 0.6) is 0 Å². The number of alkyl halides is 6. The van der Waals surface area contributed by atoms with Gasteiger partial charge in [-0.05, 0) is 31.2 Å². The Hall–Kier alpha value is -3.03. The van der Waals surface area contributed by atoms with Crippen LogP contribution in [0.2, 0.25) is 0 Å². The Morgan fingerprint density at radius 1 is 1.00 bits per heavy atom. The number of methoxy groups -OCH3 is 1. The number of benzene rings is 1. The Bertz CT molecular complexity index is 765. The van der Waals surface area contributed by atoms with Crippen molar-refractivity contribution < 1.29 is 54.9 Å². The lowest BCUT2D eigenvalue weighted by atomic mass is 10.2. The maximum Gasteiger partial charge on any atom is 0.448 e. The minimum Gasteiger partial charge on any atom is -0.465 e. The zero-order valence-corrected chi connectivity index (χ0v) is 15.4. The molecule has 1 aromatic carbocycles. The molecule has 2 amide bonds. The predicted octanol–water partition coefficient (Wildman–Crippen LogP) is 3.00. The first kappa shape index (κ1) is 25.0. The summed E-state index contributed by atoms with van der Waals surface area (Å²) >= 11 is 0. The molecule has 1 atom stereocenters. The highest BCUT2D eigenvalue weighted by molar-refractivity contribution is 5.95. The van der Waals surface area contributed by atoms with E-state index in [0.29, 0.717) is 0 Å². The first-order valence-electron chi connectivity index (χ1n) is 7.98. The van der Waals surface area contributed by atoms with Gasteiger partial charge in [0.05, 0.1) is 19.3 Å². The zero-order chi connectivity index (χ0) is 23.2. The predicted molar refractivity (Wildman–Crippen MR) is 87.4 cm³/mol. The highest BCUT2D eigenvalue weighted by Crippen LogP contribution is 2.34. The smallest absolute Gasteiger partial charge is 0.448 e.